The van der Waals surface area contributed by atoms with E-state index in [-0.39, 0.29) is 29.6 Å². The molecule has 0 amide bonds. The molecule has 1 saturated carbocycles. The highest BCUT2D eigenvalue weighted by atomic mass is 32.2. The van der Waals surface area contributed by atoms with Gasteiger partial charge in [-0.25, -0.2) is 4.39 Å². The molecule has 1 aliphatic carbocycles. The molecule has 5 rings (SSSR count). The maximum absolute atomic E-state index is 15.0. The third-order valence-corrected chi connectivity index (χ3v) is 10.1. The van der Waals surface area contributed by atoms with Gasteiger partial charge in [0.1, 0.15) is 5.82 Å². The highest BCUT2D eigenvalue weighted by Crippen LogP contribution is 2.37. The van der Waals surface area contributed by atoms with E-state index in [0.717, 1.165) is 30.4 Å². The number of nitrogens with zero attached hydrogens (tertiary/aromatic N) is 5. The Morgan fingerprint density at radius 2 is 1.85 bits per heavy atom. The van der Waals surface area contributed by atoms with Crippen molar-refractivity contribution in [3.63, 3.8) is 0 Å². The van der Waals surface area contributed by atoms with Gasteiger partial charge in [0.15, 0.2) is 5.78 Å². The minimum atomic E-state index is -3.49. The zero-order valence-electron chi connectivity index (χ0n) is 23.3. The van der Waals surface area contributed by atoms with E-state index in [1.807, 2.05) is 11.0 Å². The molecule has 2 N–H and O–H groups in total. The van der Waals surface area contributed by atoms with Gasteiger partial charge in [0.2, 0.25) is 0 Å². The van der Waals surface area contributed by atoms with Crippen LogP contribution >= 0.6 is 0 Å². The summed E-state index contributed by atoms with van der Waals surface area (Å²) in [4.78, 5) is 24.4. The van der Waals surface area contributed by atoms with E-state index in [4.69, 9.17) is 5.73 Å². The summed E-state index contributed by atoms with van der Waals surface area (Å²) in [5.41, 5.74) is 9.68. The maximum Gasteiger partial charge on any atom is 0.281 e. The van der Waals surface area contributed by atoms with Crippen molar-refractivity contribution in [2.24, 2.45) is 11.7 Å². The first-order valence-corrected chi connectivity index (χ1v) is 15.2. The molecule has 1 aliphatic heterocycles. The van der Waals surface area contributed by atoms with E-state index in [1.165, 1.54) is 34.8 Å². The van der Waals surface area contributed by atoms with Crippen molar-refractivity contribution in [2.75, 3.05) is 45.2 Å². The Kier molecular flexibility index (Phi) is 8.19. The normalized spacial score (nSPS) is 22.6. The standard InChI is InChI=1S/C29H37FN6O3S/c1-19-12-20(14-22(31)13-19)24-6-7-32-17-21(24)15-28(37)25-4-5-27(30)26-16-23(18-33-29(25)26)35-8-10-36(11-9-35)40(38,39)34(2)3/h4-7,16-20,22H,8-15,31H2,1-3H3/t19-,20+,22-/m0/s1. The number of anilines is 1. The largest absolute Gasteiger partial charge is 0.368 e. The number of aromatic nitrogens is 2. The average molecular weight is 569 g/mol. The van der Waals surface area contributed by atoms with Crippen molar-refractivity contribution in [1.82, 2.24) is 18.6 Å². The van der Waals surface area contributed by atoms with Crippen LogP contribution < -0.4 is 10.6 Å². The smallest absolute Gasteiger partial charge is 0.281 e. The molecule has 9 nitrogen and oxygen atoms in total. The minimum Gasteiger partial charge on any atom is -0.368 e. The van der Waals surface area contributed by atoms with Gasteiger partial charge < -0.3 is 10.6 Å². The maximum atomic E-state index is 15.0. The van der Waals surface area contributed by atoms with Crippen molar-refractivity contribution in [1.29, 1.82) is 0 Å². The number of ketones is 1. The molecule has 1 aromatic carbocycles. The first-order valence-electron chi connectivity index (χ1n) is 13.8. The lowest BCUT2D eigenvalue weighted by Crippen LogP contribution is -2.51. The number of benzene rings is 1. The Bertz CT molecular complexity index is 1500. The minimum absolute atomic E-state index is 0.143. The molecule has 0 radical (unpaired) electrons. The summed E-state index contributed by atoms with van der Waals surface area (Å²) in [6, 6.07) is 6.66. The summed E-state index contributed by atoms with van der Waals surface area (Å²) in [5, 5.41) is 0.269. The van der Waals surface area contributed by atoms with Crippen LogP contribution in [0.1, 0.15) is 53.6 Å². The van der Waals surface area contributed by atoms with Crippen LogP contribution in [-0.2, 0) is 16.6 Å². The van der Waals surface area contributed by atoms with Gasteiger partial charge >= 0.3 is 0 Å². The number of pyridine rings is 2. The summed E-state index contributed by atoms with van der Waals surface area (Å²) < 4.78 is 42.5. The number of hydrogen-bond acceptors (Lipinski definition) is 7. The summed E-state index contributed by atoms with van der Waals surface area (Å²) in [5.74, 6) is 0.200. The van der Waals surface area contributed by atoms with Crippen molar-refractivity contribution >= 4 is 32.6 Å². The fourth-order valence-corrected chi connectivity index (χ4v) is 7.23. The molecule has 214 valence electrons. The molecule has 2 aromatic heterocycles. The fourth-order valence-electron chi connectivity index (χ4n) is 6.14. The van der Waals surface area contributed by atoms with Gasteiger partial charge in [-0.1, -0.05) is 6.92 Å². The summed E-state index contributed by atoms with van der Waals surface area (Å²) in [7, 11) is -0.465. The van der Waals surface area contributed by atoms with E-state index in [0.29, 0.717) is 48.9 Å². The van der Waals surface area contributed by atoms with Gasteiger partial charge in [-0.05, 0) is 66.5 Å². The topological polar surface area (TPSA) is 113 Å². The van der Waals surface area contributed by atoms with Crippen LogP contribution in [0.25, 0.3) is 10.9 Å². The number of fused-ring (bicyclic) bond motifs is 1. The number of Topliss-reactive ketones (excluding diaryl/α,β-unsaturated/α-hetero) is 1. The number of piperazine rings is 1. The molecule has 3 aromatic rings. The number of carbonyl (C=O) groups excluding carboxylic acids is 1. The van der Waals surface area contributed by atoms with Gasteiger partial charge in [-0.2, -0.15) is 17.0 Å². The molecule has 2 aliphatic rings. The van der Waals surface area contributed by atoms with Crippen LogP contribution in [0.2, 0.25) is 0 Å². The summed E-state index contributed by atoms with van der Waals surface area (Å²) >= 11 is 0. The fraction of sp³-hybridized carbons (Fsp3) is 0.483. The third kappa shape index (κ3) is 5.74. The quantitative estimate of drug-likeness (QED) is 0.435. The molecule has 0 spiro atoms. The Balaban J connectivity index is 1.37. The second kappa shape index (κ2) is 11.5. The Morgan fingerprint density at radius 3 is 2.55 bits per heavy atom. The second-order valence-electron chi connectivity index (χ2n) is 11.3. The van der Waals surface area contributed by atoms with Crippen LogP contribution in [0.4, 0.5) is 10.1 Å². The zero-order chi connectivity index (χ0) is 28.6. The lowest BCUT2D eigenvalue weighted by atomic mass is 9.75. The van der Waals surface area contributed by atoms with Crippen molar-refractivity contribution in [3.05, 3.63) is 65.4 Å². The molecule has 3 atom stereocenters. The van der Waals surface area contributed by atoms with Gasteiger partial charge in [-0.15, -0.1) is 0 Å². The molecule has 11 heteroatoms. The lowest BCUT2D eigenvalue weighted by Gasteiger charge is -2.36. The van der Waals surface area contributed by atoms with Gasteiger partial charge in [-0.3, -0.25) is 14.8 Å². The van der Waals surface area contributed by atoms with E-state index in [1.54, 1.807) is 24.7 Å². The number of halogens is 1. The van der Waals surface area contributed by atoms with Gasteiger partial charge in [0.25, 0.3) is 10.2 Å². The number of hydrogen-bond donors (Lipinski definition) is 1. The predicted octanol–water partition coefficient (Wildman–Crippen LogP) is 3.35. The van der Waals surface area contributed by atoms with Crippen LogP contribution in [-0.4, -0.2) is 79.1 Å². The third-order valence-electron chi connectivity index (χ3n) is 8.19. The Hall–Kier alpha value is -2.99. The molecular formula is C29H37FN6O3S. The molecule has 0 unspecified atom stereocenters. The summed E-state index contributed by atoms with van der Waals surface area (Å²) in [6.07, 6.45) is 8.22. The van der Waals surface area contributed by atoms with Crippen LogP contribution in [0.3, 0.4) is 0 Å². The van der Waals surface area contributed by atoms with Crippen LogP contribution in [0.5, 0.6) is 0 Å². The number of rotatable bonds is 7. The van der Waals surface area contributed by atoms with Crippen molar-refractivity contribution < 1.29 is 17.6 Å². The molecule has 40 heavy (non-hydrogen) atoms. The average Bonchev–Trinajstić information content (AvgIpc) is 2.93. The highest BCUT2D eigenvalue weighted by molar-refractivity contribution is 7.86. The van der Waals surface area contributed by atoms with Crippen LogP contribution in [0.15, 0.2) is 42.9 Å². The van der Waals surface area contributed by atoms with E-state index >= 15 is 4.39 Å². The molecule has 2 fully saturated rings. The highest BCUT2D eigenvalue weighted by Gasteiger charge is 2.30. The monoisotopic (exact) mass is 568 g/mol. The van der Waals surface area contributed by atoms with Crippen LogP contribution in [0, 0.1) is 11.7 Å². The molecule has 3 heterocycles. The van der Waals surface area contributed by atoms with Crippen molar-refractivity contribution in [3.8, 4) is 0 Å². The first-order chi connectivity index (χ1) is 19.0. The zero-order valence-corrected chi connectivity index (χ0v) is 24.1. The molecular weight excluding hydrogens is 531 g/mol. The van der Waals surface area contributed by atoms with E-state index in [2.05, 4.69) is 16.9 Å². The molecule has 0 bridgehead atoms. The SMILES string of the molecule is C[C@@H]1C[C@H](N)C[C@H](c2ccncc2CC(=O)c2ccc(F)c3cc(N4CCN(S(=O)(=O)N(C)C)CC4)cnc23)C1. The number of carbonyl (C=O) groups is 1. The van der Waals surface area contributed by atoms with E-state index in [9.17, 15) is 13.2 Å². The Labute approximate surface area is 235 Å². The predicted molar refractivity (Wildman–Crippen MR) is 154 cm³/mol. The Morgan fingerprint density at radius 1 is 1.10 bits per heavy atom. The lowest BCUT2D eigenvalue weighted by molar-refractivity contribution is 0.0993. The van der Waals surface area contributed by atoms with E-state index < -0.39 is 16.0 Å². The van der Waals surface area contributed by atoms with Gasteiger partial charge in [0.05, 0.1) is 17.4 Å². The second-order valence-corrected chi connectivity index (χ2v) is 13.4. The first kappa shape index (κ1) is 28.5. The summed E-state index contributed by atoms with van der Waals surface area (Å²) in [6.45, 7) is 3.75. The van der Waals surface area contributed by atoms with Crippen molar-refractivity contribution in [2.45, 2.75) is 44.6 Å². The molecule has 1 saturated heterocycles. The van der Waals surface area contributed by atoms with Gasteiger partial charge in [0, 0.05) is 76.1 Å². The number of nitrogens with two attached hydrogens (primary N) is 1.